The molecule has 0 radical (unpaired) electrons. The van der Waals surface area contributed by atoms with E-state index in [-0.39, 0.29) is 0 Å². The Labute approximate surface area is 120 Å². The molecule has 0 aliphatic heterocycles. The smallest absolute Gasteiger partial charge is 0.133 e. The molecule has 1 heterocycles. The molecule has 0 fully saturated rings. The number of hydrogen-bond acceptors (Lipinski definition) is 2. The van der Waals surface area contributed by atoms with Gasteiger partial charge in [-0.15, -0.1) is 11.6 Å². The standard InChI is InChI=1S/C16H19ClN2/c1-4-14-9-13(11-17)10-16(18-14)19(3)15-8-6-5-7-12(15)2/h5-10H,4,11H2,1-3H3. The van der Waals surface area contributed by atoms with Crippen LogP contribution < -0.4 is 4.90 Å². The molecule has 3 heteroatoms. The third kappa shape index (κ3) is 3.07. The largest absolute Gasteiger partial charge is 0.329 e. The number of anilines is 2. The van der Waals surface area contributed by atoms with E-state index in [0.717, 1.165) is 23.5 Å². The van der Waals surface area contributed by atoms with Gasteiger partial charge in [-0.2, -0.15) is 0 Å². The average Bonchev–Trinajstić information content (AvgIpc) is 2.46. The minimum absolute atomic E-state index is 0.518. The molecule has 100 valence electrons. The van der Waals surface area contributed by atoms with Crippen LogP contribution in [0.5, 0.6) is 0 Å². The van der Waals surface area contributed by atoms with Gasteiger partial charge in [0.05, 0.1) is 0 Å². The summed E-state index contributed by atoms with van der Waals surface area (Å²) in [6, 6.07) is 12.4. The van der Waals surface area contributed by atoms with Gasteiger partial charge in [0.25, 0.3) is 0 Å². The van der Waals surface area contributed by atoms with Crippen molar-refractivity contribution >= 4 is 23.1 Å². The van der Waals surface area contributed by atoms with E-state index in [9.17, 15) is 0 Å². The molecule has 2 rings (SSSR count). The molecule has 0 aliphatic rings. The second kappa shape index (κ2) is 6.07. The van der Waals surface area contributed by atoms with Crippen molar-refractivity contribution in [3.63, 3.8) is 0 Å². The molecule has 0 unspecified atom stereocenters. The monoisotopic (exact) mass is 274 g/mol. The van der Waals surface area contributed by atoms with E-state index < -0.39 is 0 Å². The third-order valence-corrected chi connectivity index (χ3v) is 3.57. The molecule has 0 bridgehead atoms. The van der Waals surface area contributed by atoms with Gasteiger partial charge in [-0.3, -0.25) is 0 Å². The number of benzene rings is 1. The first-order valence-corrected chi connectivity index (χ1v) is 7.04. The molecule has 0 amide bonds. The highest BCUT2D eigenvalue weighted by Gasteiger charge is 2.09. The predicted molar refractivity (Wildman–Crippen MR) is 82.4 cm³/mol. The fourth-order valence-corrected chi connectivity index (χ4v) is 2.28. The first-order valence-electron chi connectivity index (χ1n) is 6.51. The Hall–Kier alpha value is -1.54. The Bertz CT molecular complexity index is 544. The number of halogens is 1. The Morgan fingerprint density at radius 3 is 2.58 bits per heavy atom. The number of aryl methyl sites for hydroxylation is 2. The van der Waals surface area contributed by atoms with Crippen LogP contribution >= 0.6 is 11.6 Å². The lowest BCUT2D eigenvalue weighted by Crippen LogP contribution is -2.13. The molecule has 0 atom stereocenters. The van der Waals surface area contributed by atoms with Gasteiger partial charge >= 0.3 is 0 Å². The van der Waals surface area contributed by atoms with Crippen molar-refractivity contribution < 1.29 is 0 Å². The minimum Gasteiger partial charge on any atom is -0.329 e. The van der Waals surface area contributed by atoms with Gasteiger partial charge in [0.1, 0.15) is 5.82 Å². The number of pyridine rings is 1. The number of nitrogens with zero attached hydrogens (tertiary/aromatic N) is 2. The Balaban J connectivity index is 2.43. The molecule has 0 saturated carbocycles. The lowest BCUT2D eigenvalue weighted by molar-refractivity contribution is 0.996. The van der Waals surface area contributed by atoms with E-state index in [4.69, 9.17) is 11.6 Å². The molecule has 1 aromatic carbocycles. The molecular formula is C16H19ClN2. The van der Waals surface area contributed by atoms with Crippen molar-refractivity contribution in [3.05, 3.63) is 53.2 Å². The summed E-state index contributed by atoms with van der Waals surface area (Å²) in [6.45, 7) is 4.22. The fourth-order valence-electron chi connectivity index (χ4n) is 2.13. The fraction of sp³-hybridized carbons (Fsp3) is 0.312. The predicted octanol–water partition coefficient (Wildman–Crippen LogP) is 4.46. The summed E-state index contributed by atoms with van der Waals surface area (Å²) in [4.78, 5) is 6.80. The van der Waals surface area contributed by atoms with Crippen LogP contribution in [-0.2, 0) is 12.3 Å². The van der Waals surface area contributed by atoms with Gasteiger partial charge in [0.2, 0.25) is 0 Å². The summed E-state index contributed by atoms with van der Waals surface area (Å²) in [7, 11) is 2.04. The zero-order valence-corrected chi connectivity index (χ0v) is 12.4. The highest BCUT2D eigenvalue weighted by Crippen LogP contribution is 2.26. The van der Waals surface area contributed by atoms with E-state index in [1.165, 1.54) is 11.3 Å². The number of alkyl halides is 1. The molecule has 2 aromatic rings. The molecule has 19 heavy (non-hydrogen) atoms. The molecule has 0 saturated heterocycles. The van der Waals surface area contributed by atoms with Crippen LogP contribution in [0.4, 0.5) is 11.5 Å². The van der Waals surface area contributed by atoms with Crippen molar-refractivity contribution in [3.8, 4) is 0 Å². The summed E-state index contributed by atoms with van der Waals surface area (Å²) in [6.07, 6.45) is 0.916. The van der Waals surface area contributed by atoms with Crippen molar-refractivity contribution in [1.29, 1.82) is 0 Å². The van der Waals surface area contributed by atoms with Crippen LogP contribution in [0.15, 0.2) is 36.4 Å². The lowest BCUT2D eigenvalue weighted by atomic mass is 10.1. The zero-order valence-electron chi connectivity index (χ0n) is 11.7. The van der Waals surface area contributed by atoms with Gasteiger partial charge in [-0.1, -0.05) is 25.1 Å². The number of rotatable bonds is 4. The molecule has 1 aromatic heterocycles. The Kier molecular flexibility index (Phi) is 4.43. The van der Waals surface area contributed by atoms with E-state index in [2.05, 4.69) is 48.0 Å². The summed E-state index contributed by atoms with van der Waals surface area (Å²) >= 11 is 5.96. The zero-order chi connectivity index (χ0) is 13.8. The van der Waals surface area contributed by atoms with E-state index in [1.807, 2.05) is 19.2 Å². The Morgan fingerprint density at radius 2 is 1.95 bits per heavy atom. The highest BCUT2D eigenvalue weighted by atomic mass is 35.5. The summed E-state index contributed by atoms with van der Waals surface area (Å²) < 4.78 is 0. The van der Waals surface area contributed by atoms with E-state index in [0.29, 0.717) is 5.88 Å². The molecule has 0 N–H and O–H groups in total. The first-order chi connectivity index (χ1) is 9.15. The topological polar surface area (TPSA) is 16.1 Å². The normalized spacial score (nSPS) is 10.5. The quantitative estimate of drug-likeness (QED) is 0.765. The maximum absolute atomic E-state index is 5.96. The van der Waals surface area contributed by atoms with Crippen LogP contribution in [0.3, 0.4) is 0 Å². The summed E-state index contributed by atoms with van der Waals surface area (Å²) in [5.74, 6) is 1.47. The summed E-state index contributed by atoms with van der Waals surface area (Å²) in [5.41, 5.74) is 4.60. The van der Waals surface area contributed by atoms with Crippen molar-refractivity contribution in [2.24, 2.45) is 0 Å². The number of aromatic nitrogens is 1. The number of hydrogen-bond donors (Lipinski definition) is 0. The van der Waals surface area contributed by atoms with Crippen molar-refractivity contribution in [2.75, 3.05) is 11.9 Å². The second-order valence-corrected chi connectivity index (χ2v) is 4.92. The first kappa shape index (κ1) is 13.9. The maximum atomic E-state index is 5.96. The van der Waals surface area contributed by atoms with Gasteiger partial charge < -0.3 is 4.90 Å². The Morgan fingerprint density at radius 1 is 1.21 bits per heavy atom. The van der Waals surface area contributed by atoms with Crippen LogP contribution in [0, 0.1) is 6.92 Å². The van der Waals surface area contributed by atoms with E-state index in [1.54, 1.807) is 0 Å². The molecule has 0 aliphatic carbocycles. The van der Waals surface area contributed by atoms with Crippen LogP contribution in [0.1, 0.15) is 23.7 Å². The molecular weight excluding hydrogens is 256 g/mol. The van der Waals surface area contributed by atoms with Gasteiger partial charge in [-0.25, -0.2) is 4.98 Å². The minimum atomic E-state index is 0.518. The second-order valence-electron chi connectivity index (χ2n) is 4.66. The van der Waals surface area contributed by atoms with Crippen LogP contribution in [-0.4, -0.2) is 12.0 Å². The van der Waals surface area contributed by atoms with Gasteiger partial charge in [-0.05, 0) is 42.7 Å². The van der Waals surface area contributed by atoms with Gasteiger partial charge in [0.15, 0.2) is 0 Å². The third-order valence-electron chi connectivity index (χ3n) is 3.26. The van der Waals surface area contributed by atoms with Crippen molar-refractivity contribution in [2.45, 2.75) is 26.1 Å². The van der Waals surface area contributed by atoms with Gasteiger partial charge in [0, 0.05) is 24.3 Å². The van der Waals surface area contributed by atoms with E-state index >= 15 is 0 Å². The SMILES string of the molecule is CCc1cc(CCl)cc(N(C)c2ccccc2C)n1. The highest BCUT2D eigenvalue weighted by molar-refractivity contribution is 6.17. The maximum Gasteiger partial charge on any atom is 0.133 e. The van der Waals surface area contributed by atoms with Crippen LogP contribution in [0.25, 0.3) is 0 Å². The molecule has 0 spiro atoms. The average molecular weight is 275 g/mol. The summed E-state index contributed by atoms with van der Waals surface area (Å²) in [5, 5.41) is 0. The van der Waals surface area contributed by atoms with Crippen LogP contribution in [0.2, 0.25) is 0 Å². The van der Waals surface area contributed by atoms with Crippen molar-refractivity contribution in [1.82, 2.24) is 4.98 Å². The number of para-hydroxylation sites is 1. The lowest BCUT2D eigenvalue weighted by Gasteiger charge is -2.21. The molecule has 2 nitrogen and oxygen atoms in total.